The standard InChI is InChI=1S/C20H23ClN2O3/c1-25-18-6-7-19(26-2)15(12-18)13-20(24)23-10-8-22(9-11-23)17-5-3-4-16(21)14-17/h3-7,12,14H,8-11,13H2,1-2H3. The smallest absolute Gasteiger partial charge is 0.227 e. The number of anilines is 1. The van der Waals surface area contributed by atoms with Crippen LogP contribution in [0.4, 0.5) is 5.69 Å². The van der Waals surface area contributed by atoms with Crippen LogP contribution in [0.2, 0.25) is 5.02 Å². The van der Waals surface area contributed by atoms with Gasteiger partial charge in [-0.3, -0.25) is 4.79 Å². The van der Waals surface area contributed by atoms with E-state index in [1.165, 1.54) is 0 Å². The van der Waals surface area contributed by atoms with Gasteiger partial charge in [-0.2, -0.15) is 0 Å². The molecule has 1 aliphatic heterocycles. The number of rotatable bonds is 5. The summed E-state index contributed by atoms with van der Waals surface area (Å²) < 4.78 is 10.6. The maximum atomic E-state index is 12.7. The van der Waals surface area contributed by atoms with Crippen LogP contribution in [0.15, 0.2) is 42.5 Å². The maximum Gasteiger partial charge on any atom is 0.227 e. The zero-order valence-corrected chi connectivity index (χ0v) is 15.8. The minimum atomic E-state index is 0.0993. The fourth-order valence-electron chi connectivity index (χ4n) is 3.18. The van der Waals surface area contributed by atoms with E-state index >= 15 is 0 Å². The first-order chi connectivity index (χ1) is 12.6. The summed E-state index contributed by atoms with van der Waals surface area (Å²) >= 11 is 6.07. The SMILES string of the molecule is COc1ccc(OC)c(CC(=O)N2CCN(c3cccc(Cl)c3)CC2)c1. The van der Waals surface area contributed by atoms with Crippen LogP contribution in [0.5, 0.6) is 11.5 Å². The normalized spacial score (nSPS) is 14.3. The van der Waals surface area contributed by atoms with Gasteiger partial charge in [0, 0.05) is 42.5 Å². The molecule has 0 saturated carbocycles. The van der Waals surface area contributed by atoms with Crippen molar-refractivity contribution in [3.63, 3.8) is 0 Å². The Morgan fingerprint density at radius 3 is 2.46 bits per heavy atom. The molecule has 2 aromatic carbocycles. The summed E-state index contributed by atoms with van der Waals surface area (Å²) in [6.45, 7) is 2.97. The van der Waals surface area contributed by atoms with Crippen molar-refractivity contribution in [3.8, 4) is 11.5 Å². The molecule has 6 heteroatoms. The lowest BCUT2D eigenvalue weighted by atomic mass is 10.1. The summed E-state index contributed by atoms with van der Waals surface area (Å²) in [6, 6.07) is 13.3. The van der Waals surface area contributed by atoms with Crippen molar-refractivity contribution < 1.29 is 14.3 Å². The van der Waals surface area contributed by atoms with Crippen LogP contribution in [0.3, 0.4) is 0 Å². The molecule has 0 spiro atoms. The molecule has 0 radical (unpaired) electrons. The summed E-state index contributed by atoms with van der Waals surface area (Å²) in [5, 5.41) is 0.728. The van der Waals surface area contributed by atoms with Crippen molar-refractivity contribution in [2.24, 2.45) is 0 Å². The van der Waals surface area contributed by atoms with Crippen LogP contribution < -0.4 is 14.4 Å². The number of hydrogen-bond donors (Lipinski definition) is 0. The van der Waals surface area contributed by atoms with Crippen molar-refractivity contribution >= 4 is 23.2 Å². The third kappa shape index (κ3) is 4.22. The molecular formula is C20H23ClN2O3. The van der Waals surface area contributed by atoms with Crippen molar-refractivity contribution in [3.05, 3.63) is 53.1 Å². The largest absolute Gasteiger partial charge is 0.497 e. The Hall–Kier alpha value is -2.40. The summed E-state index contributed by atoms with van der Waals surface area (Å²) in [6.07, 6.45) is 0.303. The van der Waals surface area contributed by atoms with Crippen LogP contribution in [-0.4, -0.2) is 51.2 Å². The molecule has 0 bridgehead atoms. The van der Waals surface area contributed by atoms with Crippen molar-refractivity contribution in [2.45, 2.75) is 6.42 Å². The van der Waals surface area contributed by atoms with Crippen LogP contribution >= 0.6 is 11.6 Å². The van der Waals surface area contributed by atoms with Crippen LogP contribution in [0, 0.1) is 0 Å². The molecule has 2 aromatic rings. The topological polar surface area (TPSA) is 42.0 Å². The summed E-state index contributed by atoms with van der Waals surface area (Å²) in [5.74, 6) is 1.53. The molecular weight excluding hydrogens is 352 g/mol. The number of carbonyl (C=O) groups is 1. The number of halogens is 1. The van der Waals surface area contributed by atoms with Gasteiger partial charge < -0.3 is 19.3 Å². The molecule has 1 fully saturated rings. The molecule has 26 heavy (non-hydrogen) atoms. The van der Waals surface area contributed by atoms with Gasteiger partial charge >= 0.3 is 0 Å². The molecule has 1 saturated heterocycles. The quantitative estimate of drug-likeness (QED) is 0.805. The molecule has 1 heterocycles. The molecule has 0 aliphatic carbocycles. The fourth-order valence-corrected chi connectivity index (χ4v) is 3.37. The molecule has 0 aromatic heterocycles. The van der Waals surface area contributed by atoms with E-state index in [9.17, 15) is 4.79 Å². The molecule has 0 N–H and O–H groups in total. The van der Waals surface area contributed by atoms with Gasteiger partial charge in [-0.15, -0.1) is 0 Å². The third-order valence-corrected chi connectivity index (χ3v) is 4.87. The number of piperazine rings is 1. The van der Waals surface area contributed by atoms with E-state index in [1.54, 1.807) is 14.2 Å². The van der Waals surface area contributed by atoms with Crippen molar-refractivity contribution in [1.29, 1.82) is 0 Å². The Balaban J connectivity index is 1.62. The number of ether oxygens (including phenoxy) is 2. The fraction of sp³-hybridized carbons (Fsp3) is 0.350. The Kier molecular flexibility index (Phi) is 5.89. The molecule has 138 valence electrons. The second kappa shape index (κ2) is 8.32. The summed E-state index contributed by atoms with van der Waals surface area (Å²) in [5.41, 5.74) is 1.94. The van der Waals surface area contributed by atoms with Gasteiger partial charge in [0.2, 0.25) is 5.91 Å². The minimum Gasteiger partial charge on any atom is -0.497 e. The second-order valence-electron chi connectivity index (χ2n) is 6.20. The lowest BCUT2D eigenvalue weighted by Crippen LogP contribution is -2.49. The summed E-state index contributed by atoms with van der Waals surface area (Å²) in [4.78, 5) is 16.9. The Labute approximate surface area is 159 Å². The number of methoxy groups -OCH3 is 2. The van der Waals surface area contributed by atoms with E-state index in [2.05, 4.69) is 4.90 Å². The monoisotopic (exact) mass is 374 g/mol. The zero-order valence-electron chi connectivity index (χ0n) is 15.1. The average Bonchev–Trinajstić information content (AvgIpc) is 2.68. The highest BCUT2D eigenvalue weighted by atomic mass is 35.5. The van der Waals surface area contributed by atoms with Crippen LogP contribution in [0.1, 0.15) is 5.56 Å². The van der Waals surface area contributed by atoms with Gasteiger partial charge in [0.05, 0.1) is 20.6 Å². The first-order valence-electron chi connectivity index (χ1n) is 8.60. The average molecular weight is 375 g/mol. The third-order valence-electron chi connectivity index (χ3n) is 4.63. The second-order valence-corrected chi connectivity index (χ2v) is 6.64. The first kappa shape index (κ1) is 18.4. The van der Waals surface area contributed by atoms with E-state index in [-0.39, 0.29) is 5.91 Å². The molecule has 1 aliphatic rings. The van der Waals surface area contributed by atoms with E-state index in [1.807, 2.05) is 47.4 Å². The highest BCUT2D eigenvalue weighted by Gasteiger charge is 2.22. The van der Waals surface area contributed by atoms with Crippen LogP contribution in [-0.2, 0) is 11.2 Å². The van der Waals surface area contributed by atoms with Gasteiger partial charge in [0.1, 0.15) is 11.5 Å². The number of carbonyl (C=O) groups excluding carboxylic acids is 1. The molecule has 5 nitrogen and oxygen atoms in total. The Morgan fingerprint density at radius 1 is 1.04 bits per heavy atom. The zero-order chi connectivity index (χ0) is 18.5. The maximum absolute atomic E-state index is 12.7. The van der Waals surface area contributed by atoms with E-state index < -0.39 is 0 Å². The molecule has 0 atom stereocenters. The lowest BCUT2D eigenvalue weighted by molar-refractivity contribution is -0.130. The lowest BCUT2D eigenvalue weighted by Gasteiger charge is -2.36. The van der Waals surface area contributed by atoms with Gasteiger partial charge in [-0.1, -0.05) is 17.7 Å². The van der Waals surface area contributed by atoms with Gasteiger partial charge in [-0.05, 0) is 36.4 Å². The van der Waals surface area contributed by atoms with Crippen molar-refractivity contribution in [1.82, 2.24) is 4.90 Å². The van der Waals surface area contributed by atoms with E-state index in [4.69, 9.17) is 21.1 Å². The molecule has 0 unspecified atom stereocenters. The number of amides is 1. The van der Waals surface area contributed by atoms with Crippen LogP contribution in [0.25, 0.3) is 0 Å². The number of hydrogen-bond acceptors (Lipinski definition) is 4. The minimum absolute atomic E-state index is 0.0993. The van der Waals surface area contributed by atoms with E-state index in [0.717, 1.165) is 35.1 Å². The van der Waals surface area contributed by atoms with Crippen molar-refractivity contribution in [2.75, 3.05) is 45.3 Å². The van der Waals surface area contributed by atoms with Gasteiger partial charge in [0.15, 0.2) is 0 Å². The highest BCUT2D eigenvalue weighted by Crippen LogP contribution is 2.25. The highest BCUT2D eigenvalue weighted by molar-refractivity contribution is 6.30. The predicted octanol–water partition coefficient (Wildman–Crippen LogP) is 3.25. The molecule has 3 rings (SSSR count). The molecule has 1 amide bonds. The number of nitrogens with zero attached hydrogens (tertiary/aromatic N) is 2. The Bertz CT molecular complexity index is 773. The predicted molar refractivity (Wildman–Crippen MR) is 103 cm³/mol. The van der Waals surface area contributed by atoms with Gasteiger partial charge in [0.25, 0.3) is 0 Å². The first-order valence-corrected chi connectivity index (χ1v) is 8.97. The Morgan fingerprint density at radius 2 is 1.81 bits per heavy atom. The van der Waals surface area contributed by atoms with Gasteiger partial charge in [-0.25, -0.2) is 0 Å². The summed E-state index contributed by atoms with van der Waals surface area (Å²) in [7, 11) is 3.22. The number of benzene rings is 2. The van der Waals surface area contributed by atoms with E-state index in [0.29, 0.717) is 25.3 Å².